The van der Waals surface area contributed by atoms with E-state index in [2.05, 4.69) is 29.3 Å². The number of nitrogens with two attached hydrogens (primary N) is 1. The van der Waals surface area contributed by atoms with E-state index in [1.165, 1.54) is 43.0 Å². The molecule has 1 aliphatic rings. The summed E-state index contributed by atoms with van der Waals surface area (Å²) in [5.74, 6) is 1.41. The molecule has 2 heterocycles. The summed E-state index contributed by atoms with van der Waals surface area (Å²) in [5, 5.41) is 24.0. The molecule has 5 nitrogen and oxygen atoms in total. The van der Waals surface area contributed by atoms with Gasteiger partial charge in [0.1, 0.15) is 33.6 Å². The average molecular weight is 542 g/mol. The van der Waals surface area contributed by atoms with Gasteiger partial charge in [0.05, 0.1) is 11.3 Å². The third-order valence-electron chi connectivity index (χ3n) is 6.66. The van der Waals surface area contributed by atoms with Crippen molar-refractivity contribution in [1.82, 2.24) is 9.97 Å². The third kappa shape index (κ3) is 5.65. The highest BCUT2D eigenvalue weighted by atomic mass is 35.5. The van der Waals surface area contributed by atoms with Crippen LogP contribution < -0.4 is 5.73 Å². The second kappa shape index (κ2) is 11.4. The molecule has 0 unspecified atom stereocenters. The van der Waals surface area contributed by atoms with Gasteiger partial charge in [-0.2, -0.15) is 10.5 Å². The van der Waals surface area contributed by atoms with Crippen molar-refractivity contribution in [3.05, 3.63) is 81.3 Å². The number of halogens is 1. The zero-order valence-electron chi connectivity index (χ0n) is 20.1. The smallest absolute Gasteiger partial charge is 0.143 e. The van der Waals surface area contributed by atoms with Gasteiger partial charge in [-0.15, -0.1) is 11.3 Å². The van der Waals surface area contributed by atoms with Crippen LogP contribution in [0.15, 0.2) is 58.9 Å². The maximum Gasteiger partial charge on any atom is 0.143 e. The van der Waals surface area contributed by atoms with Crippen LogP contribution in [0.5, 0.6) is 0 Å². The van der Waals surface area contributed by atoms with Crippen LogP contribution >= 0.6 is 34.7 Å². The minimum absolute atomic E-state index is 0.133. The minimum atomic E-state index is 0.133. The third-order valence-corrected chi connectivity index (χ3v) is 8.86. The van der Waals surface area contributed by atoms with Crippen LogP contribution in [-0.4, -0.2) is 9.97 Å². The number of pyridine rings is 1. The molecule has 4 aromatic rings. The van der Waals surface area contributed by atoms with Crippen LogP contribution in [0.3, 0.4) is 0 Å². The van der Waals surface area contributed by atoms with E-state index in [1.54, 1.807) is 11.3 Å². The largest absolute Gasteiger partial charge is 0.383 e. The van der Waals surface area contributed by atoms with E-state index < -0.39 is 0 Å². The molecule has 0 aliphatic heterocycles. The normalized spacial score (nSPS) is 13.4. The van der Waals surface area contributed by atoms with E-state index in [0.717, 1.165) is 34.2 Å². The fourth-order valence-electron chi connectivity index (χ4n) is 4.79. The summed E-state index contributed by atoms with van der Waals surface area (Å²) < 4.78 is 0. The summed E-state index contributed by atoms with van der Waals surface area (Å²) in [5.41, 5.74) is 11.3. The second-order valence-electron chi connectivity index (χ2n) is 9.14. The van der Waals surface area contributed by atoms with Crippen LogP contribution in [0, 0.1) is 28.6 Å². The monoisotopic (exact) mass is 541 g/mol. The minimum Gasteiger partial charge on any atom is -0.383 e. The number of hydrogen-bond donors (Lipinski definition) is 1. The first-order valence-electron chi connectivity index (χ1n) is 12.1. The van der Waals surface area contributed by atoms with E-state index in [4.69, 9.17) is 22.3 Å². The highest BCUT2D eigenvalue weighted by Gasteiger charge is 2.21. The van der Waals surface area contributed by atoms with Gasteiger partial charge in [-0.3, -0.25) is 0 Å². The zero-order chi connectivity index (χ0) is 25.8. The molecule has 0 spiro atoms. The molecular formula is C29H24ClN5S2. The molecule has 0 radical (unpaired) electrons. The summed E-state index contributed by atoms with van der Waals surface area (Å²) in [6.45, 7) is 0. The molecule has 2 aromatic carbocycles. The Morgan fingerprint density at radius 3 is 2.30 bits per heavy atom. The lowest BCUT2D eigenvalue weighted by atomic mass is 9.93. The average Bonchev–Trinajstić information content (AvgIpc) is 3.60. The van der Waals surface area contributed by atoms with Crippen molar-refractivity contribution in [3.63, 3.8) is 0 Å². The Morgan fingerprint density at radius 2 is 1.62 bits per heavy atom. The zero-order valence-corrected chi connectivity index (χ0v) is 22.5. The molecule has 2 N–H and O–H groups in total. The van der Waals surface area contributed by atoms with Crippen LogP contribution in [0.2, 0.25) is 5.02 Å². The van der Waals surface area contributed by atoms with Crippen molar-refractivity contribution in [3.8, 4) is 33.8 Å². The molecule has 37 heavy (non-hydrogen) atoms. The SMILES string of the molecule is N#Cc1c(N)nc(SCc2csc(-c3ccc(Cl)cc3)n2)c(C#N)c1-c1ccc(CC2CCCC2)cc1. The summed E-state index contributed by atoms with van der Waals surface area (Å²) in [4.78, 5) is 9.16. The van der Waals surface area contributed by atoms with Crippen molar-refractivity contribution < 1.29 is 0 Å². The number of nitrogens with zero attached hydrogens (tertiary/aromatic N) is 4. The number of benzene rings is 2. The van der Waals surface area contributed by atoms with E-state index in [9.17, 15) is 10.5 Å². The Bertz CT molecular complexity index is 1490. The topological polar surface area (TPSA) is 99.4 Å². The van der Waals surface area contributed by atoms with Crippen molar-refractivity contribution >= 4 is 40.5 Å². The van der Waals surface area contributed by atoms with Gasteiger partial charge >= 0.3 is 0 Å². The molecule has 8 heteroatoms. The van der Waals surface area contributed by atoms with Gasteiger partial charge in [0.2, 0.25) is 0 Å². The molecule has 184 valence electrons. The highest BCUT2D eigenvalue weighted by molar-refractivity contribution is 7.98. The van der Waals surface area contributed by atoms with E-state index >= 15 is 0 Å². The van der Waals surface area contributed by atoms with Crippen LogP contribution in [0.1, 0.15) is 48.1 Å². The lowest BCUT2D eigenvalue weighted by Gasteiger charge is -2.14. The second-order valence-corrected chi connectivity index (χ2v) is 11.4. The van der Waals surface area contributed by atoms with Gasteiger partial charge in [0.25, 0.3) is 0 Å². The van der Waals surface area contributed by atoms with Gasteiger partial charge in [-0.05, 0) is 35.6 Å². The lowest BCUT2D eigenvalue weighted by Crippen LogP contribution is -2.04. The van der Waals surface area contributed by atoms with Crippen LogP contribution in [-0.2, 0) is 12.2 Å². The van der Waals surface area contributed by atoms with Gasteiger partial charge in [-0.25, -0.2) is 9.97 Å². The Hall–Kier alpha value is -3.36. The molecule has 1 saturated carbocycles. The number of aromatic nitrogens is 2. The van der Waals surface area contributed by atoms with E-state index in [0.29, 0.717) is 26.9 Å². The fraction of sp³-hybridized carbons (Fsp3) is 0.241. The van der Waals surface area contributed by atoms with Crippen LogP contribution in [0.25, 0.3) is 21.7 Å². The molecular weight excluding hydrogens is 518 g/mol. The molecule has 1 fully saturated rings. The Kier molecular flexibility index (Phi) is 7.76. The molecule has 2 aromatic heterocycles. The quantitative estimate of drug-likeness (QED) is 0.239. The van der Waals surface area contributed by atoms with Crippen molar-refractivity contribution in [2.45, 2.75) is 42.9 Å². The number of anilines is 1. The number of nitrogen functional groups attached to an aromatic ring is 1. The summed E-state index contributed by atoms with van der Waals surface area (Å²) in [6, 6.07) is 20.2. The molecule has 1 aliphatic carbocycles. The van der Waals surface area contributed by atoms with Gasteiger partial charge in [0, 0.05) is 27.3 Å². The van der Waals surface area contributed by atoms with E-state index in [1.807, 2.05) is 41.8 Å². The van der Waals surface area contributed by atoms with Crippen molar-refractivity contribution in [1.29, 1.82) is 10.5 Å². The first-order valence-corrected chi connectivity index (χ1v) is 14.4. The standard InChI is InChI=1S/C29H24ClN5S2/c30-22-11-9-21(10-12-22)28-34-23(16-36-28)17-37-29-25(15-32)26(24(14-31)27(33)35-29)20-7-5-19(6-8-20)13-18-3-1-2-4-18/h5-12,16,18H,1-4,13,17H2,(H2,33,35). The number of thiazole rings is 1. The number of hydrogen-bond acceptors (Lipinski definition) is 7. The molecule has 0 bridgehead atoms. The summed E-state index contributed by atoms with van der Waals surface area (Å²) in [6.07, 6.45) is 6.29. The Labute approximate surface area is 230 Å². The van der Waals surface area contributed by atoms with Crippen LogP contribution in [0.4, 0.5) is 5.82 Å². The van der Waals surface area contributed by atoms with Gasteiger partial charge in [-0.1, -0.05) is 85.4 Å². The van der Waals surface area contributed by atoms with Gasteiger partial charge in [0.15, 0.2) is 0 Å². The molecule has 0 saturated heterocycles. The number of thioether (sulfide) groups is 1. The predicted octanol–water partition coefficient (Wildman–Crippen LogP) is 7.88. The predicted molar refractivity (Wildman–Crippen MR) is 151 cm³/mol. The molecule has 0 atom stereocenters. The van der Waals surface area contributed by atoms with Crippen molar-refractivity contribution in [2.24, 2.45) is 5.92 Å². The maximum atomic E-state index is 10.1. The Morgan fingerprint density at radius 1 is 0.946 bits per heavy atom. The van der Waals surface area contributed by atoms with E-state index in [-0.39, 0.29) is 11.4 Å². The lowest BCUT2D eigenvalue weighted by molar-refractivity contribution is 0.546. The summed E-state index contributed by atoms with van der Waals surface area (Å²) >= 11 is 8.96. The first kappa shape index (κ1) is 25.3. The maximum absolute atomic E-state index is 10.1. The molecule has 0 amide bonds. The summed E-state index contributed by atoms with van der Waals surface area (Å²) in [7, 11) is 0. The van der Waals surface area contributed by atoms with Gasteiger partial charge < -0.3 is 5.73 Å². The fourth-order valence-corrected chi connectivity index (χ4v) is 6.73. The number of nitriles is 2. The van der Waals surface area contributed by atoms with Crippen molar-refractivity contribution in [2.75, 3.05) is 5.73 Å². The molecule has 5 rings (SSSR count). The highest BCUT2D eigenvalue weighted by Crippen LogP contribution is 2.37. The number of rotatable bonds is 7. The Balaban J connectivity index is 1.41. The first-order chi connectivity index (χ1) is 18.1.